The minimum absolute atomic E-state index is 1.27. The van der Waals surface area contributed by atoms with Crippen molar-refractivity contribution in [2.24, 2.45) is 0 Å². The van der Waals surface area contributed by atoms with Crippen molar-refractivity contribution in [3.8, 4) is 0 Å². The quantitative estimate of drug-likeness (QED) is 0.581. The molecule has 4 rings (SSSR count). The molecule has 0 aromatic heterocycles. The maximum atomic E-state index is 2.41. The second kappa shape index (κ2) is 4.52. The predicted octanol–water partition coefficient (Wildman–Crippen LogP) is 5.34. The lowest BCUT2D eigenvalue weighted by molar-refractivity contribution is 0.592. The Bertz CT molecular complexity index is 598. The summed E-state index contributed by atoms with van der Waals surface area (Å²) in [6.45, 7) is 0. The van der Waals surface area contributed by atoms with Crippen molar-refractivity contribution >= 4 is 11.6 Å². The van der Waals surface area contributed by atoms with E-state index in [1.807, 2.05) is 0 Å². The van der Waals surface area contributed by atoms with Gasteiger partial charge in [0.15, 0.2) is 0 Å². The van der Waals surface area contributed by atoms with Gasteiger partial charge in [0.1, 0.15) is 0 Å². The molecular weight excluding hydrogens is 228 g/mol. The van der Waals surface area contributed by atoms with Crippen LogP contribution >= 0.6 is 0 Å². The number of allylic oxidation sites excluding steroid dienone is 5. The third kappa shape index (κ3) is 1.82. The van der Waals surface area contributed by atoms with Crippen LogP contribution in [-0.2, 0) is 0 Å². The minimum Gasteiger partial charge on any atom is -0.0616 e. The zero-order chi connectivity index (χ0) is 12.7. The maximum absolute atomic E-state index is 2.41. The van der Waals surface area contributed by atoms with Gasteiger partial charge in [-0.2, -0.15) is 0 Å². The standard InChI is InChI=1S/C19H19/c1-2-4-9-16-14(7-3-1)11-12-18-17-10-6-5-8-15(17)13-19(16)18/h5-6,8,10-13H,1-4,7,9H2. The Kier molecular flexibility index (Phi) is 2.69. The van der Waals surface area contributed by atoms with Gasteiger partial charge in [0.05, 0.1) is 0 Å². The van der Waals surface area contributed by atoms with E-state index in [0.717, 1.165) is 0 Å². The largest absolute Gasteiger partial charge is 0.0616 e. The monoisotopic (exact) mass is 247 g/mol. The van der Waals surface area contributed by atoms with E-state index in [-0.39, 0.29) is 0 Å². The molecule has 1 fully saturated rings. The summed E-state index contributed by atoms with van der Waals surface area (Å²) in [5.41, 5.74) is 7.38. The van der Waals surface area contributed by atoms with E-state index >= 15 is 0 Å². The van der Waals surface area contributed by atoms with Gasteiger partial charge in [-0.25, -0.2) is 0 Å². The summed E-state index contributed by atoms with van der Waals surface area (Å²) in [5.74, 6) is 1.63. The summed E-state index contributed by atoms with van der Waals surface area (Å²) in [6, 6.07) is 8.79. The number of hydrogen-bond donors (Lipinski definition) is 0. The van der Waals surface area contributed by atoms with Crippen molar-refractivity contribution in [1.82, 2.24) is 0 Å². The van der Waals surface area contributed by atoms with E-state index < -0.39 is 0 Å². The number of hydrogen-bond acceptors (Lipinski definition) is 0. The van der Waals surface area contributed by atoms with Crippen LogP contribution in [0.15, 0.2) is 47.6 Å². The van der Waals surface area contributed by atoms with Crippen molar-refractivity contribution in [2.45, 2.75) is 38.5 Å². The molecule has 0 heterocycles. The Labute approximate surface area is 115 Å². The Morgan fingerprint density at radius 1 is 0.737 bits per heavy atom. The molecular formula is C19H19. The van der Waals surface area contributed by atoms with Crippen LogP contribution in [0.25, 0.3) is 11.6 Å². The topological polar surface area (TPSA) is 0 Å². The average Bonchev–Trinajstić information content (AvgIpc) is 2.77. The van der Waals surface area contributed by atoms with E-state index in [9.17, 15) is 0 Å². The highest BCUT2D eigenvalue weighted by molar-refractivity contribution is 6.00. The molecule has 0 unspecified atom stereocenters. The van der Waals surface area contributed by atoms with Gasteiger partial charge in [-0.15, -0.1) is 0 Å². The Morgan fingerprint density at radius 3 is 2.53 bits per heavy atom. The van der Waals surface area contributed by atoms with Crippen molar-refractivity contribution in [3.05, 3.63) is 64.6 Å². The SMILES string of the molecule is C1=C2CCCCCC[C]2C2=Cc3ccccc3C2=C1. The Balaban J connectivity index is 1.78. The van der Waals surface area contributed by atoms with Crippen molar-refractivity contribution in [3.63, 3.8) is 0 Å². The lowest BCUT2D eigenvalue weighted by atomic mass is 9.76. The molecule has 1 saturated carbocycles. The molecule has 0 heteroatoms. The molecule has 3 aliphatic rings. The summed E-state index contributed by atoms with van der Waals surface area (Å²) in [6.07, 6.45) is 15.2. The maximum Gasteiger partial charge on any atom is 0.0305 e. The van der Waals surface area contributed by atoms with Gasteiger partial charge < -0.3 is 0 Å². The molecule has 0 N–H and O–H groups in total. The van der Waals surface area contributed by atoms with Crippen LogP contribution in [0.1, 0.15) is 49.7 Å². The summed E-state index contributed by atoms with van der Waals surface area (Å²) in [7, 11) is 0. The third-order valence-corrected chi connectivity index (χ3v) is 4.63. The van der Waals surface area contributed by atoms with E-state index in [4.69, 9.17) is 0 Å². The van der Waals surface area contributed by atoms with E-state index in [0.29, 0.717) is 0 Å². The normalized spacial score (nSPS) is 22.2. The van der Waals surface area contributed by atoms with Crippen LogP contribution in [0.3, 0.4) is 0 Å². The van der Waals surface area contributed by atoms with Gasteiger partial charge in [0.2, 0.25) is 0 Å². The van der Waals surface area contributed by atoms with Gasteiger partial charge in [-0.3, -0.25) is 0 Å². The van der Waals surface area contributed by atoms with Gasteiger partial charge >= 0.3 is 0 Å². The van der Waals surface area contributed by atoms with Crippen LogP contribution in [0.5, 0.6) is 0 Å². The van der Waals surface area contributed by atoms with E-state index in [2.05, 4.69) is 42.5 Å². The fourth-order valence-electron chi connectivity index (χ4n) is 3.63. The van der Waals surface area contributed by atoms with Gasteiger partial charge in [-0.1, -0.05) is 61.3 Å². The predicted molar refractivity (Wildman–Crippen MR) is 81.4 cm³/mol. The molecule has 19 heavy (non-hydrogen) atoms. The molecule has 0 amide bonds. The molecule has 0 atom stereocenters. The van der Waals surface area contributed by atoms with Crippen LogP contribution in [0.4, 0.5) is 0 Å². The minimum atomic E-state index is 1.27. The van der Waals surface area contributed by atoms with E-state index in [1.165, 1.54) is 60.8 Å². The molecule has 0 saturated heterocycles. The van der Waals surface area contributed by atoms with Gasteiger partial charge in [0.25, 0.3) is 0 Å². The fraction of sp³-hybridized carbons (Fsp3) is 0.316. The Hall–Kier alpha value is -1.56. The summed E-state index contributed by atoms with van der Waals surface area (Å²) < 4.78 is 0. The smallest absolute Gasteiger partial charge is 0.0305 e. The average molecular weight is 247 g/mol. The molecule has 0 spiro atoms. The molecule has 1 radical (unpaired) electrons. The first-order chi connectivity index (χ1) is 9.43. The second-order valence-electron chi connectivity index (χ2n) is 5.81. The van der Waals surface area contributed by atoms with Gasteiger partial charge in [-0.05, 0) is 47.6 Å². The zero-order valence-corrected chi connectivity index (χ0v) is 11.3. The lowest BCUT2D eigenvalue weighted by Crippen LogP contribution is -2.10. The van der Waals surface area contributed by atoms with Crippen LogP contribution in [0, 0.1) is 5.92 Å². The first kappa shape index (κ1) is 11.3. The number of rotatable bonds is 0. The Morgan fingerprint density at radius 2 is 1.58 bits per heavy atom. The van der Waals surface area contributed by atoms with Crippen molar-refractivity contribution in [1.29, 1.82) is 0 Å². The molecule has 3 aliphatic carbocycles. The van der Waals surface area contributed by atoms with Gasteiger partial charge in [0, 0.05) is 5.92 Å². The third-order valence-electron chi connectivity index (χ3n) is 4.63. The van der Waals surface area contributed by atoms with Crippen molar-refractivity contribution < 1.29 is 0 Å². The zero-order valence-electron chi connectivity index (χ0n) is 11.3. The highest BCUT2D eigenvalue weighted by Crippen LogP contribution is 2.48. The lowest BCUT2D eigenvalue weighted by Gasteiger charge is -2.27. The summed E-state index contributed by atoms with van der Waals surface area (Å²) in [4.78, 5) is 0. The van der Waals surface area contributed by atoms with E-state index in [1.54, 1.807) is 11.5 Å². The summed E-state index contributed by atoms with van der Waals surface area (Å²) >= 11 is 0. The van der Waals surface area contributed by atoms with Crippen molar-refractivity contribution in [2.75, 3.05) is 0 Å². The number of benzene rings is 1. The fourth-order valence-corrected chi connectivity index (χ4v) is 3.63. The number of fused-ring (bicyclic) bond motifs is 5. The second-order valence-corrected chi connectivity index (χ2v) is 5.81. The van der Waals surface area contributed by atoms with Crippen LogP contribution in [0.2, 0.25) is 0 Å². The highest BCUT2D eigenvalue weighted by atomic mass is 14.3. The first-order valence-corrected chi connectivity index (χ1v) is 7.52. The molecule has 0 aliphatic heterocycles. The van der Waals surface area contributed by atoms with Crippen LogP contribution in [-0.4, -0.2) is 0 Å². The molecule has 1 aromatic carbocycles. The molecule has 0 nitrogen and oxygen atoms in total. The summed E-state index contributed by atoms with van der Waals surface area (Å²) in [5, 5.41) is 0. The molecule has 0 bridgehead atoms. The molecule has 95 valence electrons. The highest BCUT2D eigenvalue weighted by Gasteiger charge is 2.30. The molecule has 1 aromatic rings. The van der Waals surface area contributed by atoms with Crippen LogP contribution < -0.4 is 0 Å². The first-order valence-electron chi connectivity index (χ1n) is 7.52.